The van der Waals surface area contributed by atoms with Crippen LogP contribution in [0.5, 0.6) is 0 Å². The normalized spacial score (nSPS) is 11.3. The van der Waals surface area contributed by atoms with Gasteiger partial charge < -0.3 is 21.3 Å². The first-order chi connectivity index (χ1) is 15.7. The van der Waals surface area contributed by atoms with E-state index >= 15 is 0 Å². The number of para-hydroxylation sites is 2. The molecule has 0 heterocycles. The first kappa shape index (κ1) is 21.1. The first-order valence-electron chi connectivity index (χ1n) is 10.7. The van der Waals surface area contributed by atoms with Crippen LogP contribution in [0.1, 0.15) is 13.8 Å². The Kier molecular flexibility index (Phi) is 6.73. The fourth-order valence-corrected chi connectivity index (χ4v) is 3.27. The number of hydrogen-bond acceptors (Lipinski definition) is 4. The maximum Gasteiger partial charge on any atom is 0.0385 e. The average molecular weight is 421 g/mol. The van der Waals surface area contributed by atoms with Crippen LogP contribution in [0.3, 0.4) is 0 Å². The van der Waals surface area contributed by atoms with Crippen molar-refractivity contribution >= 4 is 34.1 Å². The van der Waals surface area contributed by atoms with Crippen LogP contribution < -0.4 is 21.3 Å². The van der Waals surface area contributed by atoms with Gasteiger partial charge in [0.1, 0.15) is 0 Å². The number of hydrogen-bond donors (Lipinski definition) is 4. The molecule has 4 aromatic rings. The fraction of sp³-hybridized carbons (Fsp3) is 0.0714. The third kappa shape index (κ3) is 5.92. The molecule has 4 aromatic carbocycles. The van der Waals surface area contributed by atoms with E-state index in [1.807, 2.05) is 36.4 Å². The summed E-state index contributed by atoms with van der Waals surface area (Å²) in [4.78, 5) is 0. The Morgan fingerprint density at radius 1 is 0.375 bits per heavy atom. The Morgan fingerprint density at radius 2 is 0.656 bits per heavy atom. The number of benzene rings is 4. The fourth-order valence-electron chi connectivity index (χ4n) is 3.27. The molecule has 0 saturated heterocycles. The summed E-state index contributed by atoms with van der Waals surface area (Å²) in [5.41, 5.74) is 8.50. The Bertz CT molecular complexity index is 1050. The summed E-state index contributed by atoms with van der Waals surface area (Å²) in [6.07, 6.45) is 0. The lowest BCUT2D eigenvalue weighted by atomic mass is 10.2. The molecule has 0 aliphatic heterocycles. The summed E-state index contributed by atoms with van der Waals surface area (Å²) in [6, 6.07) is 36.9. The van der Waals surface area contributed by atoms with Crippen LogP contribution in [-0.2, 0) is 0 Å². The highest BCUT2D eigenvalue weighted by Crippen LogP contribution is 2.22. The van der Waals surface area contributed by atoms with Crippen molar-refractivity contribution in [3.8, 4) is 0 Å². The van der Waals surface area contributed by atoms with E-state index < -0.39 is 0 Å². The second-order valence-corrected chi connectivity index (χ2v) is 7.64. The van der Waals surface area contributed by atoms with E-state index in [4.69, 9.17) is 0 Å². The molecule has 32 heavy (non-hydrogen) atoms. The molecule has 0 amide bonds. The summed E-state index contributed by atoms with van der Waals surface area (Å²) in [5, 5.41) is 13.8. The topological polar surface area (TPSA) is 48.1 Å². The number of rotatable bonds is 8. The molecule has 0 atom stereocenters. The van der Waals surface area contributed by atoms with Crippen LogP contribution in [0.4, 0.5) is 34.1 Å². The van der Waals surface area contributed by atoms with Gasteiger partial charge in [-0.05, 0) is 86.6 Å². The predicted molar refractivity (Wildman–Crippen MR) is 138 cm³/mol. The average Bonchev–Trinajstić information content (AvgIpc) is 2.83. The number of anilines is 6. The van der Waals surface area contributed by atoms with Gasteiger partial charge in [0.25, 0.3) is 0 Å². The molecule has 4 heteroatoms. The summed E-state index contributed by atoms with van der Waals surface area (Å²) < 4.78 is 0. The van der Waals surface area contributed by atoms with Crippen LogP contribution in [0.15, 0.2) is 121 Å². The van der Waals surface area contributed by atoms with Crippen molar-refractivity contribution < 1.29 is 0 Å². The lowest BCUT2D eigenvalue weighted by Gasteiger charge is -2.14. The lowest BCUT2D eigenvalue weighted by Crippen LogP contribution is -2.05. The SMILES string of the molecule is C/C(Nc1ccc(Nc2ccccc2)cc1)=C(/C)Nc1ccc(Nc2ccccc2)cc1. The first-order valence-corrected chi connectivity index (χ1v) is 10.7. The van der Waals surface area contributed by atoms with Crippen molar-refractivity contribution in [1.82, 2.24) is 0 Å². The zero-order valence-corrected chi connectivity index (χ0v) is 18.4. The summed E-state index contributed by atoms with van der Waals surface area (Å²) >= 11 is 0. The van der Waals surface area contributed by atoms with Gasteiger partial charge in [0.15, 0.2) is 0 Å². The monoisotopic (exact) mass is 420 g/mol. The zero-order valence-electron chi connectivity index (χ0n) is 18.4. The largest absolute Gasteiger partial charge is 0.358 e. The highest BCUT2D eigenvalue weighted by molar-refractivity contribution is 5.65. The van der Waals surface area contributed by atoms with Crippen LogP contribution >= 0.6 is 0 Å². The predicted octanol–water partition coefficient (Wildman–Crippen LogP) is 7.95. The van der Waals surface area contributed by atoms with Gasteiger partial charge in [-0.2, -0.15) is 0 Å². The van der Waals surface area contributed by atoms with Gasteiger partial charge in [0.05, 0.1) is 0 Å². The van der Waals surface area contributed by atoms with Crippen molar-refractivity contribution in [2.24, 2.45) is 0 Å². The van der Waals surface area contributed by atoms with E-state index in [0.29, 0.717) is 0 Å². The van der Waals surface area contributed by atoms with Gasteiger partial charge in [0, 0.05) is 45.5 Å². The third-order valence-electron chi connectivity index (χ3n) is 5.12. The minimum Gasteiger partial charge on any atom is -0.358 e. The van der Waals surface area contributed by atoms with Gasteiger partial charge in [-0.25, -0.2) is 0 Å². The molecular weight excluding hydrogens is 392 g/mol. The summed E-state index contributed by atoms with van der Waals surface area (Å²) in [6.45, 7) is 4.15. The van der Waals surface area contributed by atoms with Crippen LogP contribution in [0.25, 0.3) is 0 Å². The second-order valence-electron chi connectivity index (χ2n) is 7.64. The zero-order chi connectivity index (χ0) is 22.2. The molecule has 0 radical (unpaired) electrons. The Hall–Kier alpha value is -4.18. The van der Waals surface area contributed by atoms with Gasteiger partial charge in [-0.3, -0.25) is 0 Å². The molecule has 4 nitrogen and oxygen atoms in total. The van der Waals surface area contributed by atoms with Crippen molar-refractivity contribution in [3.63, 3.8) is 0 Å². The van der Waals surface area contributed by atoms with E-state index in [-0.39, 0.29) is 0 Å². The van der Waals surface area contributed by atoms with Crippen LogP contribution in [0, 0.1) is 0 Å². The van der Waals surface area contributed by atoms with E-state index in [9.17, 15) is 0 Å². The Labute approximate surface area is 190 Å². The van der Waals surface area contributed by atoms with Crippen molar-refractivity contribution in [3.05, 3.63) is 121 Å². The van der Waals surface area contributed by atoms with Crippen molar-refractivity contribution in [1.29, 1.82) is 0 Å². The van der Waals surface area contributed by atoms with E-state index in [0.717, 1.165) is 45.5 Å². The number of nitrogens with one attached hydrogen (secondary N) is 4. The van der Waals surface area contributed by atoms with Gasteiger partial charge in [0.2, 0.25) is 0 Å². The van der Waals surface area contributed by atoms with Gasteiger partial charge in [-0.15, -0.1) is 0 Å². The van der Waals surface area contributed by atoms with Gasteiger partial charge in [-0.1, -0.05) is 36.4 Å². The molecular formula is C28H28N4. The molecule has 0 aliphatic rings. The Balaban J connectivity index is 1.34. The molecule has 0 bridgehead atoms. The summed E-state index contributed by atoms with van der Waals surface area (Å²) in [7, 11) is 0. The summed E-state index contributed by atoms with van der Waals surface area (Å²) in [5.74, 6) is 0. The maximum atomic E-state index is 3.47. The minimum absolute atomic E-state index is 1.05. The maximum absolute atomic E-state index is 3.47. The van der Waals surface area contributed by atoms with Crippen LogP contribution in [0.2, 0.25) is 0 Å². The molecule has 160 valence electrons. The molecule has 4 rings (SSSR count). The molecule has 0 aromatic heterocycles. The molecule has 0 spiro atoms. The van der Waals surface area contributed by atoms with Crippen LogP contribution in [-0.4, -0.2) is 0 Å². The smallest absolute Gasteiger partial charge is 0.0385 e. The molecule has 0 fully saturated rings. The van der Waals surface area contributed by atoms with E-state index in [2.05, 4.69) is 108 Å². The quantitative estimate of drug-likeness (QED) is 0.234. The van der Waals surface area contributed by atoms with Gasteiger partial charge >= 0.3 is 0 Å². The van der Waals surface area contributed by atoms with Crippen molar-refractivity contribution in [2.45, 2.75) is 13.8 Å². The standard InChI is InChI=1S/C28H28N4/c1-21(29-25-13-17-27(18-14-25)31-23-9-5-3-6-10-23)22(2)30-26-15-19-28(20-16-26)32-24-11-7-4-8-12-24/h3-20,29-32H,1-2H3/b22-21+. The Morgan fingerprint density at radius 3 is 1.00 bits per heavy atom. The lowest BCUT2D eigenvalue weighted by molar-refractivity contribution is 1.23. The van der Waals surface area contributed by atoms with Crippen molar-refractivity contribution in [2.75, 3.05) is 21.3 Å². The van der Waals surface area contributed by atoms with E-state index in [1.165, 1.54) is 0 Å². The van der Waals surface area contributed by atoms with E-state index in [1.54, 1.807) is 0 Å². The number of allylic oxidation sites excluding steroid dienone is 2. The second kappa shape index (κ2) is 10.2. The molecule has 0 aliphatic carbocycles. The highest BCUT2D eigenvalue weighted by atomic mass is 15.0. The molecule has 0 unspecified atom stereocenters. The third-order valence-corrected chi connectivity index (χ3v) is 5.12. The minimum atomic E-state index is 1.05. The molecule has 0 saturated carbocycles. The molecule has 4 N–H and O–H groups in total. The highest BCUT2D eigenvalue weighted by Gasteiger charge is 2.01.